The van der Waals surface area contributed by atoms with Crippen LogP contribution in [0.15, 0.2) is 47.6 Å². The number of pyridine rings is 1. The maximum absolute atomic E-state index is 12.8. The summed E-state index contributed by atoms with van der Waals surface area (Å²) in [7, 11) is -3.96. The van der Waals surface area contributed by atoms with Crippen molar-refractivity contribution in [2.75, 3.05) is 19.6 Å². The monoisotopic (exact) mass is 427 g/mol. The van der Waals surface area contributed by atoms with E-state index in [1.807, 2.05) is 0 Å². The van der Waals surface area contributed by atoms with E-state index in [4.69, 9.17) is 0 Å². The van der Waals surface area contributed by atoms with Crippen molar-refractivity contribution in [3.63, 3.8) is 0 Å². The molecule has 1 aliphatic rings. The second-order valence-corrected chi connectivity index (χ2v) is 8.86. The molecule has 0 bridgehead atoms. The largest absolute Gasteiger partial charge is 0.416 e. The highest BCUT2D eigenvalue weighted by Gasteiger charge is 2.36. The van der Waals surface area contributed by atoms with Gasteiger partial charge in [-0.2, -0.15) is 17.5 Å². The summed E-state index contributed by atoms with van der Waals surface area (Å²) in [5.74, 6) is -0.227. The van der Waals surface area contributed by atoms with Gasteiger partial charge in [-0.05, 0) is 49.7 Å². The Kier molecular flexibility index (Phi) is 5.68. The predicted octanol–water partition coefficient (Wildman–Crippen LogP) is 2.94. The minimum atomic E-state index is -4.53. The van der Waals surface area contributed by atoms with Crippen LogP contribution in [0.2, 0.25) is 0 Å². The number of hydrogen-bond donors (Lipinski definition) is 0. The average molecular weight is 427 g/mol. The van der Waals surface area contributed by atoms with Crippen molar-refractivity contribution in [2.24, 2.45) is 0 Å². The van der Waals surface area contributed by atoms with Crippen molar-refractivity contribution in [3.05, 3.63) is 59.4 Å². The zero-order valence-corrected chi connectivity index (χ0v) is 16.7. The zero-order valence-electron chi connectivity index (χ0n) is 15.8. The van der Waals surface area contributed by atoms with Crippen LogP contribution in [0.1, 0.15) is 28.4 Å². The van der Waals surface area contributed by atoms with Crippen LogP contribution in [0.3, 0.4) is 0 Å². The predicted molar refractivity (Wildman–Crippen MR) is 99.7 cm³/mol. The van der Waals surface area contributed by atoms with Gasteiger partial charge in [-0.3, -0.25) is 9.78 Å². The summed E-state index contributed by atoms with van der Waals surface area (Å²) in [5.41, 5.74) is 0.322. The molecule has 0 saturated carbocycles. The topological polar surface area (TPSA) is 70.6 Å². The lowest BCUT2D eigenvalue weighted by Gasteiger charge is -2.39. The quantitative estimate of drug-likeness (QED) is 0.755. The van der Waals surface area contributed by atoms with Gasteiger partial charge in [0.25, 0.3) is 5.91 Å². The highest BCUT2D eigenvalue weighted by molar-refractivity contribution is 7.89. The summed E-state index contributed by atoms with van der Waals surface area (Å²) < 4.78 is 65.0. The number of aromatic nitrogens is 1. The number of piperazine rings is 1. The third-order valence-corrected chi connectivity index (χ3v) is 6.82. The molecule has 10 heteroatoms. The summed E-state index contributed by atoms with van der Waals surface area (Å²) in [4.78, 5) is 18.1. The number of sulfonamides is 1. The second kappa shape index (κ2) is 7.75. The lowest BCUT2D eigenvalue weighted by atomic mass is 10.1. The zero-order chi connectivity index (χ0) is 21.4. The third kappa shape index (κ3) is 4.27. The fourth-order valence-corrected chi connectivity index (χ4v) is 4.76. The van der Waals surface area contributed by atoms with Crippen LogP contribution in [-0.2, 0) is 16.2 Å². The molecule has 1 amide bonds. The van der Waals surface area contributed by atoms with Gasteiger partial charge in [0.1, 0.15) is 0 Å². The number of aryl methyl sites for hydroxylation is 1. The van der Waals surface area contributed by atoms with Crippen molar-refractivity contribution >= 4 is 15.9 Å². The van der Waals surface area contributed by atoms with Gasteiger partial charge in [0.05, 0.1) is 16.0 Å². The van der Waals surface area contributed by atoms with Crippen molar-refractivity contribution < 1.29 is 26.4 Å². The van der Waals surface area contributed by atoms with Gasteiger partial charge in [-0.15, -0.1) is 0 Å². The summed E-state index contributed by atoms with van der Waals surface area (Å²) in [5, 5.41) is 0. The van der Waals surface area contributed by atoms with E-state index in [2.05, 4.69) is 4.98 Å². The standard InChI is InChI=1S/C19H20F3N3O3S/c1-13-7-8-23-11-17(13)18(26)25-10-9-24(12-14(25)2)29(27,28)16-5-3-15(4-6-16)19(20,21)22/h3-8,11,14H,9-10,12H2,1-2H3. The normalized spacial score (nSPS) is 18.7. The third-order valence-electron chi connectivity index (χ3n) is 4.94. The molecule has 0 aliphatic carbocycles. The van der Waals surface area contributed by atoms with E-state index in [1.165, 1.54) is 10.5 Å². The molecule has 1 saturated heterocycles. The summed E-state index contributed by atoms with van der Waals surface area (Å²) in [6.45, 7) is 3.81. The number of hydrogen-bond acceptors (Lipinski definition) is 4. The molecular weight excluding hydrogens is 407 g/mol. The molecule has 0 N–H and O–H groups in total. The SMILES string of the molecule is Cc1ccncc1C(=O)N1CCN(S(=O)(=O)c2ccc(C(F)(F)F)cc2)CC1C. The van der Waals surface area contributed by atoms with Crippen LogP contribution in [0.25, 0.3) is 0 Å². The summed E-state index contributed by atoms with van der Waals surface area (Å²) in [6, 6.07) is 4.74. The second-order valence-electron chi connectivity index (χ2n) is 6.92. The lowest BCUT2D eigenvalue weighted by Crippen LogP contribution is -2.55. The number of benzene rings is 1. The Hall–Kier alpha value is -2.46. The molecule has 1 unspecified atom stereocenters. The van der Waals surface area contributed by atoms with Crippen molar-refractivity contribution in [2.45, 2.75) is 31.0 Å². The number of carbonyl (C=O) groups excluding carboxylic acids is 1. The smallest absolute Gasteiger partial charge is 0.333 e. The van der Waals surface area contributed by atoms with Gasteiger partial charge in [-0.1, -0.05) is 0 Å². The van der Waals surface area contributed by atoms with Crippen LogP contribution >= 0.6 is 0 Å². The molecule has 0 spiro atoms. The average Bonchev–Trinajstić information content (AvgIpc) is 2.67. The Bertz CT molecular complexity index is 1010. The Morgan fingerprint density at radius 1 is 1.14 bits per heavy atom. The number of amides is 1. The van der Waals surface area contributed by atoms with E-state index in [1.54, 1.807) is 31.0 Å². The van der Waals surface area contributed by atoms with Crippen LogP contribution in [0.4, 0.5) is 13.2 Å². The van der Waals surface area contributed by atoms with Gasteiger partial charge < -0.3 is 4.90 Å². The molecule has 156 valence electrons. The summed E-state index contributed by atoms with van der Waals surface area (Å²) >= 11 is 0. The molecule has 2 heterocycles. The molecule has 29 heavy (non-hydrogen) atoms. The van der Waals surface area contributed by atoms with Crippen LogP contribution in [0.5, 0.6) is 0 Å². The van der Waals surface area contributed by atoms with E-state index >= 15 is 0 Å². The van der Waals surface area contributed by atoms with Crippen LogP contribution in [0, 0.1) is 6.92 Å². The molecule has 2 aromatic rings. The van der Waals surface area contributed by atoms with Gasteiger partial charge in [0.15, 0.2) is 0 Å². The molecule has 1 fully saturated rings. The van der Waals surface area contributed by atoms with E-state index in [-0.39, 0.29) is 30.4 Å². The van der Waals surface area contributed by atoms with E-state index in [0.717, 1.165) is 29.8 Å². The number of alkyl halides is 3. The molecule has 3 rings (SSSR count). The Labute approximate surface area is 167 Å². The first-order chi connectivity index (χ1) is 13.5. The van der Waals surface area contributed by atoms with Gasteiger partial charge >= 0.3 is 6.18 Å². The maximum Gasteiger partial charge on any atom is 0.416 e. The van der Waals surface area contributed by atoms with E-state index in [9.17, 15) is 26.4 Å². The van der Waals surface area contributed by atoms with Crippen molar-refractivity contribution in [3.8, 4) is 0 Å². The highest BCUT2D eigenvalue weighted by atomic mass is 32.2. The highest BCUT2D eigenvalue weighted by Crippen LogP contribution is 2.30. The molecule has 1 aromatic carbocycles. The van der Waals surface area contributed by atoms with Crippen LogP contribution in [-0.4, -0.2) is 54.2 Å². The summed E-state index contributed by atoms with van der Waals surface area (Å²) in [6.07, 6.45) is -1.47. The van der Waals surface area contributed by atoms with E-state index in [0.29, 0.717) is 5.56 Å². The Morgan fingerprint density at radius 3 is 2.34 bits per heavy atom. The Morgan fingerprint density at radius 2 is 1.79 bits per heavy atom. The maximum atomic E-state index is 12.8. The van der Waals surface area contributed by atoms with Gasteiger partial charge in [0.2, 0.25) is 10.0 Å². The molecule has 6 nitrogen and oxygen atoms in total. The first-order valence-corrected chi connectivity index (χ1v) is 10.3. The van der Waals surface area contributed by atoms with Gasteiger partial charge in [-0.25, -0.2) is 8.42 Å². The molecule has 1 atom stereocenters. The molecular formula is C19H20F3N3O3S. The van der Waals surface area contributed by atoms with Crippen LogP contribution < -0.4 is 0 Å². The molecule has 0 radical (unpaired) electrons. The number of carbonyl (C=O) groups is 1. The first-order valence-electron chi connectivity index (χ1n) is 8.91. The lowest BCUT2D eigenvalue weighted by molar-refractivity contribution is -0.137. The Balaban J connectivity index is 1.76. The minimum Gasteiger partial charge on any atom is -0.333 e. The number of halogens is 3. The van der Waals surface area contributed by atoms with Gasteiger partial charge in [0, 0.05) is 38.1 Å². The molecule has 1 aromatic heterocycles. The van der Waals surface area contributed by atoms with E-state index < -0.39 is 27.8 Å². The molecule has 1 aliphatic heterocycles. The van der Waals surface area contributed by atoms with Crippen molar-refractivity contribution in [1.82, 2.24) is 14.2 Å². The fourth-order valence-electron chi connectivity index (χ4n) is 3.25. The number of nitrogens with zero attached hydrogens (tertiary/aromatic N) is 3. The van der Waals surface area contributed by atoms with Crippen molar-refractivity contribution in [1.29, 1.82) is 0 Å². The number of rotatable bonds is 3. The fraction of sp³-hybridized carbons (Fsp3) is 0.368. The first kappa shape index (κ1) is 21.3. The minimum absolute atomic E-state index is 0.0500.